The molecule has 0 amide bonds. The fourth-order valence-electron chi connectivity index (χ4n) is 4.93. The van der Waals surface area contributed by atoms with Gasteiger partial charge in [0.15, 0.2) is 11.2 Å². The number of nitriles is 2. The third kappa shape index (κ3) is 3.40. The summed E-state index contributed by atoms with van der Waals surface area (Å²) in [7, 11) is 0. The quantitative estimate of drug-likeness (QED) is 0.588. The fourth-order valence-corrected chi connectivity index (χ4v) is 4.93. The largest absolute Gasteiger partial charge is 0.416 e. The van der Waals surface area contributed by atoms with Crippen LogP contribution in [0, 0.1) is 33.5 Å². The van der Waals surface area contributed by atoms with Gasteiger partial charge in [0.1, 0.15) is 0 Å². The summed E-state index contributed by atoms with van der Waals surface area (Å²) in [5, 5.41) is 20.6. The number of hydrogen-bond donors (Lipinski definition) is 0. The Kier molecular flexibility index (Phi) is 5.13. The van der Waals surface area contributed by atoms with Crippen molar-refractivity contribution in [2.75, 3.05) is 4.90 Å². The number of Topliss-reactive ketones (excluding diaryl/α,β-unsaturated/α-hetero) is 1. The second kappa shape index (κ2) is 7.49. The standard InChI is InChI=1S/C26H22F3N3O/c1-24(2,3)23(33)22-21(17-8-11-18(12-9-17)26(27,28)29)25(14-30,15-31)20-13-10-16-6-4-5-7-19(16)32(20)22/h4-13,20-22H,1-3H3/t20-,21-,22+/m0/s1. The molecule has 0 saturated carbocycles. The van der Waals surface area contributed by atoms with Crippen molar-refractivity contribution in [2.45, 2.75) is 44.9 Å². The highest BCUT2D eigenvalue weighted by atomic mass is 19.4. The van der Waals surface area contributed by atoms with Crippen molar-refractivity contribution in [1.82, 2.24) is 0 Å². The molecule has 2 aromatic carbocycles. The molecule has 168 valence electrons. The molecule has 4 nitrogen and oxygen atoms in total. The Morgan fingerprint density at radius 3 is 2.15 bits per heavy atom. The number of para-hydroxylation sites is 1. The first kappa shape index (κ1) is 22.6. The molecule has 0 spiro atoms. The van der Waals surface area contributed by atoms with Gasteiger partial charge in [-0.2, -0.15) is 23.7 Å². The number of rotatable bonds is 2. The van der Waals surface area contributed by atoms with E-state index in [4.69, 9.17) is 0 Å². The van der Waals surface area contributed by atoms with E-state index in [0.29, 0.717) is 5.56 Å². The van der Waals surface area contributed by atoms with Crippen LogP contribution in [0.1, 0.15) is 43.4 Å². The molecule has 33 heavy (non-hydrogen) atoms. The third-order valence-electron chi connectivity index (χ3n) is 6.52. The Labute approximate surface area is 190 Å². The van der Waals surface area contributed by atoms with E-state index >= 15 is 0 Å². The number of carbonyl (C=O) groups is 1. The minimum absolute atomic E-state index is 0.185. The van der Waals surface area contributed by atoms with Crippen LogP contribution in [-0.4, -0.2) is 17.9 Å². The summed E-state index contributed by atoms with van der Waals surface area (Å²) in [6.07, 6.45) is -0.939. The van der Waals surface area contributed by atoms with E-state index in [1.807, 2.05) is 35.2 Å². The van der Waals surface area contributed by atoms with Crippen LogP contribution in [0.15, 0.2) is 54.6 Å². The monoisotopic (exact) mass is 449 g/mol. The van der Waals surface area contributed by atoms with E-state index in [1.54, 1.807) is 26.8 Å². The van der Waals surface area contributed by atoms with Crippen molar-refractivity contribution in [2.24, 2.45) is 10.8 Å². The van der Waals surface area contributed by atoms with E-state index in [0.717, 1.165) is 23.4 Å². The van der Waals surface area contributed by atoms with Gasteiger partial charge in [0.05, 0.1) is 29.8 Å². The van der Waals surface area contributed by atoms with E-state index in [-0.39, 0.29) is 5.78 Å². The van der Waals surface area contributed by atoms with Crippen LogP contribution in [0.2, 0.25) is 0 Å². The highest BCUT2D eigenvalue weighted by Gasteiger charge is 2.64. The molecule has 2 aromatic rings. The lowest BCUT2D eigenvalue weighted by atomic mass is 9.67. The van der Waals surface area contributed by atoms with Crippen molar-refractivity contribution in [3.05, 3.63) is 71.3 Å². The van der Waals surface area contributed by atoms with E-state index in [1.165, 1.54) is 12.1 Å². The minimum Gasteiger partial charge on any atom is -0.351 e. The average molecular weight is 449 g/mol. The third-order valence-corrected chi connectivity index (χ3v) is 6.52. The summed E-state index contributed by atoms with van der Waals surface area (Å²) in [5.41, 5.74) is -1.39. The van der Waals surface area contributed by atoms with Gasteiger partial charge in [-0.15, -0.1) is 0 Å². The van der Waals surface area contributed by atoms with Crippen LogP contribution in [0.4, 0.5) is 18.9 Å². The van der Waals surface area contributed by atoms with Crippen LogP contribution in [0.25, 0.3) is 6.08 Å². The first-order valence-electron chi connectivity index (χ1n) is 10.6. The summed E-state index contributed by atoms with van der Waals surface area (Å²) < 4.78 is 39.5. The molecule has 2 heterocycles. The number of ketones is 1. The molecule has 7 heteroatoms. The second-order valence-corrected chi connectivity index (χ2v) is 9.52. The molecule has 0 aliphatic carbocycles. The van der Waals surface area contributed by atoms with Gasteiger partial charge in [-0.1, -0.05) is 63.3 Å². The summed E-state index contributed by atoms with van der Waals surface area (Å²) in [4.78, 5) is 15.6. The van der Waals surface area contributed by atoms with Gasteiger partial charge in [0, 0.05) is 17.0 Å². The van der Waals surface area contributed by atoms with Crippen LogP contribution in [-0.2, 0) is 11.0 Å². The molecule has 0 aromatic heterocycles. The number of anilines is 1. The van der Waals surface area contributed by atoms with Gasteiger partial charge >= 0.3 is 6.18 Å². The Morgan fingerprint density at radius 1 is 1.00 bits per heavy atom. The lowest BCUT2D eigenvalue weighted by Gasteiger charge is -2.37. The molecule has 0 N–H and O–H groups in total. The molecular weight excluding hydrogens is 427 g/mol. The molecule has 1 saturated heterocycles. The van der Waals surface area contributed by atoms with E-state index in [2.05, 4.69) is 12.1 Å². The number of nitrogens with zero attached hydrogens (tertiary/aromatic N) is 3. The van der Waals surface area contributed by atoms with Gasteiger partial charge in [0.25, 0.3) is 0 Å². The van der Waals surface area contributed by atoms with Crippen LogP contribution in [0.3, 0.4) is 0 Å². The van der Waals surface area contributed by atoms with Crippen LogP contribution < -0.4 is 4.90 Å². The number of carbonyl (C=O) groups excluding carboxylic acids is 1. The Balaban J connectivity index is 1.98. The molecule has 3 atom stereocenters. The molecule has 0 bridgehead atoms. The smallest absolute Gasteiger partial charge is 0.351 e. The van der Waals surface area contributed by atoms with E-state index < -0.39 is 40.6 Å². The fraction of sp³-hybridized carbons (Fsp3) is 0.346. The van der Waals surface area contributed by atoms with Crippen molar-refractivity contribution in [3.63, 3.8) is 0 Å². The number of alkyl halides is 3. The van der Waals surface area contributed by atoms with Crippen LogP contribution >= 0.6 is 0 Å². The SMILES string of the molecule is CC(C)(C)C(=O)[C@H]1[C@H](c2ccc(C(F)(F)F)cc2)C(C#N)(C#N)[C@@H]2C=Cc3ccccc3N21. The van der Waals surface area contributed by atoms with Gasteiger partial charge in [-0.05, 0) is 29.3 Å². The zero-order valence-electron chi connectivity index (χ0n) is 18.4. The number of fused-ring (bicyclic) bond motifs is 3. The number of benzene rings is 2. The second-order valence-electron chi connectivity index (χ2n) is 9.52. The first-order chi connectivity index (χ1) is 15.5. The normalized spacial score (nSPS) is 23.3. The zero-order chi connectivity index (χ0) is 24.2. The molecule has 2 aliphatic heterocycles. The summed E-state index contributed by atoms with van der Waals surface area (Å²) >= 11 is 0. The van der Waals surface area contributed by atoms with Crippen molar-refractivity contribution in [1.29, 1.82) is 10.5 Å². The lowest BCUT2D eigenvalue weighted by molar-refractivity contribution is -0.137. The van der Waals surface area contributed by atoms with E-state index in [9.17, 15) is 28.5 Å². The van der Waals surface area contributed by atoms with Gasteiger partial charge in [-0.3, -0.25) is 4.79 Å². The molecule has 0 radical (unpaired) electrons. The Morgan fingerprint density at radius 2 is 1.61 bits per heavy atom. The maximum atomic E-state index is 13.8. The highest BCUT2D eigenvalue weighted by molar-refractivity contribution is 5.96. The number of halogens is 3. The maximum absolute atomic E-state index is 13.8. The number of hydrogen-bond acceptors (Lipinski definition) is 4. The van der Waals surface area contributed by atoms with Crippen molar-refractivity contribution >= 4 is 17.5 Å². The molecule has 0 unspecified atom stereocenters. The van der Waals surface area contributed by atoms with Gasteiger partial charge in [-0.25, -0.2) is 0 Å². The van der Waals surface area contributed by atoms with Gasteiger partial charge in [0.2, 0.25) is 0 Å². The maximum Gasteiger partial charge on any atom is 0.416 e. The van der Waals surface area contributed by atoms with Gasteiger partial charge < -0.3 is 4.90 Å². The Bertz CT molecular complexity index is 1200. The molecule has 4 rings (SSSR count). The predicted molar refractivity (Wildman–Crippen MR) is 118 cm³/mol. The minimum atomic E-state index is -4.52. The summed E-state index contributed by atoms with van der Waals surface area (Å²) in [5.74, 6) is -1.13. The average Bonchev–Trinajstić information content (AvgIpc) is 3.08. The highest BCUT2D eigenvalue weighted by Crippen LogP contribution is 2.56. The van der Waals surface area contributed by atoms with Crippen LogP contribution in [0.5, 0.6) is 0 Å². The topological polar surface area (TPSA) is 67.9 Å². The summed E-state index contributed by atoms with van der Waals surface area (Å²) in [6, 6.07) is 14.5. The molecule has 1 fully saturated rings. The summed E-state index contributed by atoms with van der Waals surface area (Å²) in [6.45, 7) is 5.29. The van der Waals surface area contributed by atoms with Crippen molar-refractivity contribution < 1.29 is 18.0 Å². The van der Waals surface area contributed by atoms with Crippen molar-refractivity contribution in [3.8, 4) is 12.1 Å². The Hall–Kier alpha value is -3.58. The lowest BCUT2D eigenvalue weighted by Crippen LogP contribution is -2.47. The first-order valence-corrected chi connectivity index (χ1v) is 10.6. The molecular formula is C26H22F3N3O. The predicted octanol–water partition coefficient (Wildman–Crippen LogP) is 5.72. The molecule has 2 aliphatic rings. The zero-order valence-corrected chi connectivity index (χ0v) is 18.4.